The molecule has 0 saturated heterocycles. The van der Waals surface area contributed by atoms with Crippen LogP contribution < -0.4 is 5.01 Å². The Labute approximate surface area is 159 Å². The van der Waals surface area contributed by atoms with Gasteiger partial charge in [-0.2, -0.15) is 0 Å². The molecule has 0 radical (unpaired) electrons. The average molecular weight is 376 g/mol. The zero-order valence-corrected chi connectivity index (χ0v) is 16.3. The number of hydrogen-bond donors (Lipinski definition) is 0. The van der Waals surface area contributed by atoms with Crippen molar-refractivity contribution in [3.05, 3.63) is 58.7 Å². The van der Waals surface area contributed by atoms with Gasteiger partial charge in [0, 0.05) is 40.8 Å². The van der Waals surface area contributed by atoms with Crippen molar-refractivity contribution >= 4 is 34.1 Å². The van der Waals surface area contributed by atoms with E-state index in [2.05, 4.69) is 48.0 Å². The van der Waals surface area contributed by atoms with E-state index < -0.39 is 0 Å². The van der Waals surface area contributed by atoms with E-state index in [9.17, 15) is 0 Å². The van der Waals surface area contributed by atoms with Crippen LogP contribution in [0.5, 0.6) is 0 Å². The lowest BCUT2D eigenvalue weighted by Gasteiger charge is -2.22. The van der Waals surface area contributed by atoms with Crippen LogP contribution in [0.25, 0.3) is 22.0 Å². The van der Waals surface area contributed by atoms with Gasteiger partial charge in [0.2, 0.25) is 0 Å². The summed E-state index contributed by atoms with van der Waals surface area (Å²) in [5.41, 5.74) is 3.45. The number of fused-ring (bicyclic) bond motifs is 1. The van der Waals surface area contributed by atoms with Gasteiger partial charge >= 0.3 is 0 Å². The fourth-order valence-corrected chi connectivity index (χ4v) is 3.35. The summed E-state index contributed by atoms with van der Waals surface area (Å²) < 4.78 is 2.21. The molecule has 0 amide bonds. The molecule has 0 unspecified atom stereocenters. The summed E-state index contributed by atoms with van der Waals surface area (Å²) in [5.74, 6) is 0. The summed E-state index contributed by atoms with van der Waals surface area (Å²) >= 11 is 12.3. The predicted octanol–water partition coefficient (Wildman–Crippen LogP) is 5.13. The third-order valence-electron chi connectivity index (χ3n) is 4.36. The van der Waals surface area contributed by atoms with Crippen LogP contribution in [-0.4, -0.2) is 43.8 Å². The Morgan fingerprint density at radius 2 is 1.56 bits per heavy atom. The number of halogens is 2. The van der Waals surface area contributed by atoms with Gasteiger partial charge in [-0.3, -0.25) is 4.68 Å². The molecule has 0 N–H and O–H groups in total. The van der Waals surface area contributed by atoms with E-state index in [4.69, 9.17) is 23.2 Å². The molecule has 0 aliphatic rings. The summed E-state index contributed by atoms with van der Waals surface area (Å²) in [4.78, 5) is 2.21. The molecular formula is C20H23Cl2N3. The highest BCUT2D eigenvalue weighted by Crippen LogP contribution is 2.33. The van der Waals surface area contributed by atoms with E-state index in [0.29, 0.717) is 0 Å². The van der Waals surface area contributed by atoms with Gasteiger partial charge in [0.05, 0.1) is 5.52 Å². The molecule has 0 fully saturated rings. The maximum absolute atomic E-state index is 6.26. The lowest BCUT2D eigenvalue weighted by Crippen LogP contribution is -2.32. The quantitative estimate of drug-likeness (QED) is 0.591. The number of rotatable bonds is 6. The Balaban J connectivity index is 2.00. The molecule has 1 aromatic heterocycles. The molecule has 0 bridgehead atoms. The minimum absolute atomic E-state index is 0.742. The van der Waals surface area contributed by atoms with Gasteiger partial charge < -0.3 is 9.91 Å². The van der Waals surface area contributed by atoms with Crippen LogP contribution in [0.4, 0.5) is 0 Å². The zero-order valence-electron chi connectivity index (χ0n) is 14.8. The van der Waals surface area contributed by atoms with Crippen molar-refractivity contribution in [2.75, 3.05) is 39.2 Å². The third kappa shape index (κ3) is 4.12. The number of nitrogens with zero attached hydrogens (tertiary/aromatic N) is 3. The second-order valence-electron chi connectivity index (χ2n) is 6.59. The highest BCUT2D eigenvalue weighted by Gasteiger charge is 2.13. The highest BCUT2D eigenvalue weighted by atomic mass is 35.5. The van der Waals surface area contributed by atoms with Crippen LogP contribution in [0.1, 0.15) is 6.42 Å². The van der Waals surface area contributed by atoms with Crippen molar-refractivity contribution in [2.24, 2.45) is 0 Å². The van der Waals surface area contributed by atoms with E-state index in [0.717, 1.165) is 51.6 Å². The van der Waals surface area contributed by atoms with Crippen LogP contribution in [0.2, 0.25) is 10.0 Å². The molecule has 1 heterocycles. The first-order valence-electron chi connectivity index (χ1n) is 8.38. The Morgan fingerprint density at radius 1 is 0.880 bits per heavy atom. The molecular weight excluding hydrogens is 353 g/mol. The average Bonchev–Trinajstić information content (AvgIpc) is 2.94. The van der Waals surface area contributed by atoms with E-state index >= 15 is 0 Å². The van der Waals surface area contributed by atoms with Crippen LogP contribution in [0.15, 0.2) is 48.7 Å². The summed E-state index contributed by atoms with van der Waals surface area (Å²) in [6.07, 6.45) is 3.28. The topological polar surface area (TPSA) is 11.4 Å². The van der Waals surface area contributed by atoms with Crippen LogP contribution in [0.3, 0.4) is 0 Å². The van der Waals surface area contributed by atoms with Gasteiger partial charge in [-0.25, -0.2) is 0 Å². The van der Waals surface area contributed by atoms with E-state index in [1.807, 2.05) is 36.4 Å². The second kappa shape index (κ2) is 7.69. The van der Waals surface area contributed by atoms with Gasteiger partial charge in [0.15, 0.2) is 0 Å². The molecule has 0 aliphatic carbocycles. The van der Waals surface area contributed by atoms with Crippen molar-refractivity contribution in [1.29, 1.82) is 0 Å². The maximum atomic E-state index is 6.26. The Bertz CT molecular complexity index is 853. The largest absolute Gasteiger partial charge is 0.316 e. The Hall–Kier alpha value is -1.68. The minimum Gasteiger partial charge on any atom is -0.316 e. The summed E-state index contributed by atoms with van der Waals surface area (Å²) in [6, 6.07) is 14.0. The Kier molecular flexibility index (Phi) is 5.57. The molecule has 0 saturated carbocycles. The summed E-state index contributed by atoms with van der Waals surface area (Å²) in [7, 11) is 6.33. The molecule has 0 atom stereocenters. The molecule has 3 aromatic rings. The minimum atomic E-state index is 0.742. The van der Waals surface area contributed by atoms with Gasteiger partial charge in [-0.1, -0.05) is 35.3 Å². The standard InChI is InChI=1S/C20H23Cl2N3/c1-23(2)11-4-12-24(3)25-14-19(15-5-7-16(21)8-6-15)18-13-17(22)9-10-20(18)25/h5-10,13-14H,4,11-12H2,1-3H3. The van der Waals surface area contributed by atoms with E-state index in [1.54, 1.807) is 0 Å². The van der Waals surface area contributed by atoms with E-state index in [-0.39, 0.29) is 0 Å². The van der Waals surface area contributed by atoms with Gasteiger partial charge in [0.1, 0.15) is 0 Å². The highest BCUT2D eigenvalue weighted by molar-refractivity contribution is 6.31. The van der Waals surface area contributed by atoms with Gasteiger partial charge in [-0.15, -0.1) is 0 Å². The lowest BCUT2D eigenvalue weighted by atomic mass is 10.1. The summed E-state index contributed by atoms with van der Waals surface area (Å²) in [6.45, 7) is 2.05. The molecule has 132 valence electrons. The first-order chi connectivity index (χ1) is 12.0. The lowest BCUT2D eigenvalue weighted by molar-refractivity contribution is 0.396. The van der Waals surface area contributed by atoms with Crippen LogP contribution in [0, 0.1) is 0 Å². The SMILES string of the molecule is CN(C)CCCN(C)n1cc(-c2ccc(Cl)cc2)c2cc(Cl)ccc21. The van der Waals surface area contributed by atoms with Crippen molar-refractivity contribution in [1.82, 2.24) is 9.58 Å². The number of benzene rings is 2. The van der Waals surface area contributed by atoms with Crippen LogP contribution >= 0.6 is 23.2 Å². The monoisotopic (exact) mass is 375 g/mol. The fraction of sp³-hybridized carbons (Fsp3) is 0.300. The number of hydrogen-bond acceptors (Lipinski definition) is 2. The Morgan fingerprint density at radius 3 is 2.24 bits per heavy atom. The molecule has 0 aliphatic heterocycles. The molecule has 3 nitrogen and oxygen atoms in total. The first-order valence-corrected chi connectivity index (χ1v) is 9.14. The van der Waals surface area contributed by atoms with Gasteiger partial charge in [0.25, 0.3) is 0 Å². The van der Waals surface area contributed by atoms with Crippen molar-refractivity contribution < 1.29 is 0 Å². The van der Waals surface area contributed by atoms with Crippen molar-refractivity contribution in [3.8, 4) is 11.1 Å². The van der Waals surface area contributed by atoms with E-state index in [1.165, 1.54) is 0 Å². The fourth-order valence-electron chi connectivity index (χ4n) is 3.05. The zero-order chi connectivity index (χ0) is 18.0. The molecule has 5 heteroatoms. The molecule has 3 rings (SSSR count). The number of aromatic nitrogens is 1. The second-order valence-corrected chi connectivity index (χ2v) is 7.47. The van der Waals surface area contributed by atoms with Crippen molar-refractivity contribution in [3.63, 3.8) is 0 Å². The molecule has 2 aromatic carbocycles. The summed E-state index contributed by atoms with van der Waals surface area (Å²) in [5, 5.41) is 4.88. The molecule has 0 spiro atoms. The molecule has 25 heavy (non-hydrogen) atoms. The smallest absolute Gasteiger partial charge is 0.0702 e. The predicted molar refractivity (Wildman–Crippen MR) is 110 cm³/mol. The third-order valence-corrected chi connectivity index (χ3v) is 4.84. The maximum Gasteiger partial charge on any atom is 0.0702 e. The van der Waals surface area contributed by atoms with Gasteiger partial charge in [-0.05, 0) is 63.0 Å². The normalized spacial score (nSPS) is 11.4. The van der Waals surface area contributed by atoms with Crippen molar-refractivity contribution in [2.45, 2.75) is 6.42 Å². The van der Waals surface area contributed by atoms with Crippen LogP contribution in [-0.2, 0) is 0 Å². The first kappa shape index (κ1) is 18.1.